The van der Waals surface area contributed by atoms with Crippen LogP contribution in [0.1, 0.15) is 50.7 Å². The van der Waals surface area contributed by atoms with E-state index in [4.69, 9.17) is 14.5 Å². The summed E-state index contributed by atoms with van der Waals surface area (Å²) in [5.74, 6) is 2.62. The number of nitrogens with zero attached hydrogens (tertiary/aromatic N) is 1. The van der Waals surface area contributed by atoms with E-state index in [1.165, 1.54) is 5.56 Å². The number of hydrogen-bond donors (Lipinski definition) is 3. The van der Waals surface area contributed by atoms with Crippen LogP contribution in [0.5, 0.6) is 11.5 Å². The molecule has 1 atom stereocenters. The van der Waals surface area contributed by atoms with E-state index in [9.17, 15) is 5.11 Å². The minimum absolute atomic E-state index is 0. The molecule has 1 saturated carbocycles. The average Bonchev–Trinajstić information content (AvgIpc) is 2.99. The number of ether oxygens (including phenoxy) is 2. The third kappa shape index (κ3) is 5.88. The fourth-order valence-electron chi connectivity index (χ4n) is 3.69. The van der Waals surface area contributed by atoms with E-state index in [1.54, 1.807) is 7.11 Å². The van der Waals surface area contributed by atoms with Gasteiger partial charge in [-0.3, -0.25) is 0 Å². The standard InChI is InChI=1S/C20H31N3O3.HI/c1-4-21-20(23-16-5-7-17(24)8-6-16)22-12-15-11-19-14(9-13(2)26-19)10-18(15)25-3;/h10-11,13,16-17,24H,4-9,12H2,1-3H3,(H2,21,22,23);1H. The van der Waals surface area contributed by atoms with Crippen LogP contribution in [-0.4, -0.2) is 43.0 Å². The molecule has 0 bridgehead atoms. The summed E-state index contributed by atoms with van der Waals surface area (Å²) < 4.78 is 11.4. The van der Waals surface area contributed by atoms with Crippen molar-refractivity contribution in [3.8, 4) is 11.5 Å². The van der Waals surface area contributed by atoms with Crippen molar-refractivity contribution in [1.29, 1.82) is 0 Å². The fourth-order valence-corrected chi connectivity index (χ4v) is 3.69. The number of methoxy groups -OCH3 is 1. The van der Waals surface area contributed by atoms with Crippen LogP contribution in [0.15, 0.2) is 17.1 Å². The summed E-state index contributed by atoms with van der Waals surface area (Å²) in [6.07, 6.45) is 4.64. The lowest BCUT2D eigenvalue weighted by molar-refractivity contribution is 0.120. The highest BCUT2D eigenvalue weighted by atomic mass is 127. The molecule has 0 amide bonds. The van der Waals surface area contributed by atoms with Crippen molar-refractivity contribution in [3.63, 3.8) is 0 Å². The Bertz CT molecular complexity index is 646. The molecule has 1 fully saturated rings. The minimum atomic E-state index is -0.148. The highest BCUT2D eigenvalue weighted by molar-refractivity contribution is 14.0. The second kappa shape index (κ2) is 10.4. The van der Waals surface area contributed by atoms with E-state index in [2.05, 4.69) is 36.6 Å². The molecular formula is C20H32IN3O3. The number of fused-ring (bicyclic) bond motifs is 1. The Morgan fingerprint density at radius 3 is 2.70 bits per heavy atom. The van der Waals surface area contributed by atoms with Crippen molar-refractivity contribution >= 4 is 29.9 Å². The van der Waals surface area contributed by atoms with Gasteiger partial charge in [0, 0.05) is 30.1 Å². The van der Waals surface area contributed by atoms with E-state index < -0.39 is 0 Å². The molecule has 0 saturated heterocycles. The topological polar surface area (TPSA) is 75.1 Å². The zero-order chi connectivity index (χ0) is 18.5. The number of hydrogen-bond acceptors (Lipinski definition) is 4. The van der Waals surface area contributed by atoms with Gasteiger partial charge in [-0.05, 0) is 51.7 Å². The molecule has 0 radical (unpaired) electrons. The van der Waals surface area contributed by atoms with Crippen molar-refractivity contribution in [2.24, 2.45) is 4.99 Å². The van der Waals surface area contributed by atoms with Crippen LogP contribution in [0, 0.1) is 0 Å². The fraction of sp³-hybridized carbons (Fsp3) is 0.650. The maximum atomic E-state index is 9.67. The summed E-state index contributed by atoms with van der Waals surface area (Å²) in [6, 6.07) is 4.50. The van der Waals surface area contributed by atoms with Crippen LogP contribution < -0.4 is 20.1 Å². The quantitative estimate of drug-likeness (QED) is 0.337. The number of nitrogens with one attached hydrogen (secondary N) is 2. The van der Waals surface area contributed by atoms with E-state index in [0.717, 1.165) is 61.7 Å². The lowest BCUT2D eigenvalue weighted by atomic mass is 9.93. The van der Waals surface area contributed by atoms with Crippen molar-refractivity contribution in [3.05, 3.63) is 23.3 Å². The first kappa shape index (κ1) is 22.1. The van der Waals surface area contributed by atoms with E-state index in [1.807, 2.05) is 0 Å². The van der Waals surface area contributed by atoms with Gasteiger partial charge in [-0.25, -0.2) is 4.99 Å². The molecule has 1 unspecified atom stereocenters. The monoisotopic (exact) mass is 489 g/mol. The number of benzene rings is 1. The summed E-state index contributed by atoms with van der Waals surface area (Å²) >= 11 is 0. The molecule has 3 rings (SSSR count). The molecular weight excluding hydrogens is 457 g/mol. The van der Waals surface area contributed by atoms with E-state index >= 15 is 0 Å². The summed E-state index contributed by atoms with van der Waals surface area (Å²) in [6.45, 7) is 5.48. The van der Waals surface area contributed by atoms with E-state index in [-0.39, 0.29) is 36.2 Å². The van der Waals surface area contributed by atoms with Gasteiger partial charge in [0.15, 0.2) is 5.96 Å². The molecule has 1 aromatic carbocycles. The molecule has 1 aromatic rings. The normalized spacial score (nSPS) is 24.4. The third-order valence-electron chi connectivity index (χ3n) is 5.09. The number of halogens is 1. The highest BCUT2D eigenvalue weighted by Crippen LogP contribution is 2.35. The Balaban J connectivity index is 0.00000261. The molecule has 27 heavy (non-hydrogen) atoms. The van der Waals surface area contributed by atoms with Crippen molar-refractivity contribution in [2.45, 2.75) is 70.7 Å². The number of aliphatic hydroxyl groups is 1. The van der Waals surface area contributed by atoms with Gasteiger partial charge in [0.25, 0.3) is 0 Å². The second-order valence-corrected chi connectivity index (χ2v) is 7.25. The van der Waals surface area contributed by atoms with Crippen molar-refractivity contribution < 1.29 is 14.6 Å². The Kier molecular flexibility index (Phi) is 8.47. The SMILES string of the molecule is CCNC(=NCc1cc2c(cc1OC)CC(C)O2)NC1CCC(O)CC1.I. The first-order chi connectivity index (χ1) is 12.6. The average molecular weight is 489 g/mol. The maximum Gasteiger partial charge on any atom is 0.191 e. The van der Waals surface area contributed by atoms with Gasteiger partial charge in [-0.2, -0.15) is 0 Å². The van der Waals surface area contributed by atoms with Gasteiger partial charge in [0.1, 0.15) is 17.6 Å². The van der Waals surface area contributed by atoms with Crippen LogP contribution in [0.25, 0.3) is 0 Å². The third-order valence-corrected chi connectivity index (χ3v) is 5.09. The Morgan fingerprint density at radius 1 is 1.30 bits per heavy atom. The molecule has 2 aliphatic rings. The largest absolute Gasteiger partial charge is 0.496 e. The Hall–Kier alpha value is -1.22. The number of guanidine groups is 1. The molecule has 7 heteroatoms. The highest BCUT2D eigenvalue weighted by Gasteiger charge is 2.22. The van der Waals surface area contributed by atoms with Gasteiger partial charge in [-0.1, -0.05) is 0 Å². The number of rotatable bonds is 5. The van der Waals surface area contributed by atoms with Gasteiger partial charge < -0.3 is 25.2 Å². The van der Waals surface area contributed by atoms with Gasteiger partial charge in [-0.15, -0.1) is 24.0 Å². The van der Waals surface area contributed by atoms with Gasteiger partial charge in [0.05, 0.1) is 19.8 Å². The lowest BCUT2D eigenvalue weighted by Crippen LogP contribution is -2.45. The zero-order valence-electron chi connectivity index (χ0n) is 16.5. The van der Waals surface area contributed by atoms with Crippen LogP contribution in [-0.2, 0) is 13.0 Å². The minimum Gasteiger partial charge on any atom is -0.496 e. The molecule has 3 N–H and O–H groups in total. The number of aliphatic imine (C=N–C) groups is 1. The molecule has 1 heterocycles. The molecule has 0 spiro atoms. The predicted molar refractivity (Wildman–Crippen MR) is 118 cm³/mol. The Morgan fingerprint density at radius 2 is 2.04 bits per heavy atom. The number of aliphatic hydroxyl groups excluding tert-OH is 1. The first-order valence-corrected chi connectivity index (χ1v) is 9.68. The smallest absolute Gasteiger partial charge is 0.191 e. The molecule has 1 aliphatic heterocycles. The van der Waals surface area contributed by atoms with Crippen molar-refractivity contribution in [2.75, 3.05) is 13.7 Å². The molecule has 0 aromatic heterocycles. The van der Waals surface area contributed by atoms with Crippen LogP contribution in [0.4, 0.5) is 0 Å². The van der Waals surface area contributed by atoms with E-state index in [0.29, 0.717) is 12.6 Å². The predicted octanol–water partition coefficient (Wildman–Crippen LogP) is 3.00. The molecule has 1 aliphatic carbocycles. The zero-order valence-corrected chi connectivity index (χ0v) is 18.8. The van der Waals surface area contributed by atoms with Crippen LogP contribution >= 0.6 is 24.0 Å². The molecule has 6 nitrogen and oxygen atoms in total. The van der Waals surface area contributed by atoms with Crippen molar-refractivity contribution in [1.82, 2.24) is 10.6 Å². The van der Waals surface area contributed by atoms with Gasteiger partial charge >= 0.3 is 0 Å². The summed E-state index contributed by atoms with van der Waals surface area (Å²) in [4.78, 5) is 4.75. The van der Waals surface area contributed by atoms with Crippen LogP contribution in [0.2, 0.25) is 0 Å². The van der Waals surface area contributed by atoms with Crippen LogP contribution in [0.3, 0.4) is 0 Å². The maximum absolute atomic E-state index is 9.67. The summed E-state index contributed by atoms with van der Waals surface area (Å²) in [7, 11) is 1.70. The lowest BCUT2D eigenvalue weighted by Gasteiger charge is -2.27. The summed E-state index contributed by atoms with van der Waals surface area (Å²) in [5, 5.41) is 16.5. The second-order valence-electron chi connectivity index (χ2n) is 7.25. The summed E-state index contributed by atoms with van der Waals surface area (Å²) in [5.41, 5.74) is 2.23. The van der Waals surface area contributed by atoms with Gasteiger partial charge in [0.2, 0.25) is 0 Å². The first-order valence-electron chi connectivity index (χ1n) is 9.68. The Labute approximate surface area is 179 Å². The molecule has 152 valence electrons.